The Morgan fingerprint density at radius 1 is 1.19 bits per heavy atom. The van der Waals surface area contributed by atoms with E-state index in [1.807, 2.05) is 29.0 Å². The molecule has 142 valence electrons. The summed E-state index contributed by atoms with van der Waals surface area (Å²) in [6.07, 6.45) is 2.98. The Labute approximate surface area is 162 Å². The van der Waals surface area contributed by atoms with Crippen LogP contribution in [-0.4, -0.2) is 39.0 Å². The second-order valence-electron chi connectivity index (χ2n) is 7.08. The van der Waals surface area contributed by atoms with Crippen LogP contribution in [0.3, 0.4) is 0 Å². The molecule has 1 saturated carbocycles. The molecular weight excluding hydrogens is 366 g/mol. The van der Waals surface area contributed by atoms with Gasteiger partial charge in [-0.25, -0.2) is 4.99 Å². The highest BCUT2D eigenvalue weighted by molar-refractivity contribution is 6.30. The number of amidine groups is 1. The quantitative estimate of drug-likeness (QED) is 0.469. The van der Waals surface area contributed by atoms with Crippen LogP contribution in [0, 0.1) is 5.92 Å². The van der Waals surface area contributed by atoms with Crippen LogP contribution in [0.5, 0.6) is 0 Å². The zero-order valence-electron chi connectivity index (χ0n) is 14.6. The van der Waals surface area contributed by atoms with Gasteiger partial charge in [0.2, 0.25) is 0 Å². The smallest absolute Gasteiger partial charge is 0.180 e. The van der Waals surface area contributed by atoms with Crippen molar-refractivity contribution in [3.63, 3.8) is 0 Å². The van der Waals surface area contributed by atoms with Crippen LogP contribution in [-0.2, 0) is 6.42 Å². The summed E-state index contributed by atoms with van der Waals surface area (Å²) in [6, 6.07) is 8.49. The van der Waals surface area contributed by atoms with Crippen molar-refractivity contribution >= 4 is 23.7 Å². The number of nitrogens with zero attached hydrogens (tertiary/aromatic N) is 3. The molecule has 0 amide bonds. The number of aliphatic hydroxyl groups excluding tert-OH is 2. The van der Waals surface area contributed by atoms with Gasteiger partial charge in [0.25, 0.3) is 0 Å². The second kappa shape index (κ2) is 7.09. The van der Waals surface area contributed by atoms with E-state index in [1.165, 1.54) is 0 Å². The van der Waals surface area contributed by atoms with E-state index in [-0.39, 0.29) is 12.0 Å². The third-order valence-corrected chi connectivity index (χ3v) is 5.91. The Hall–Kier alpha value is -2.19. The van der Waals surface area contributed by atoms with E-state index in [0.717, 1.165) is 16.8 Å². The van der Waals surface area contributed by atoms with Crippen molar-refractivity contribution in [1.82, 2.24) is 4.57 Å². The number of aliphatic imine (C=N–C) groups is 1. The number of benzene rings is 1. The minimum absolute atomic E-state index is 0.274. The van der Waals surface area contributed by atoms with Crippen molar-refractivity contribution < 1.29 is 10.2 Å². The number of fused-ring (bicyclic) bond motifs is 1. The van der Waals surface area contributed by atoms with E-state index in [2.05, 4.69) is 10.1 Å². The zero-order chi connectivity index (χ0) is 19.1. The highest BCUT2D eigenvalue weighted by Gasteiger charge is 2.45. The maximum Gasteiger partial charge on any atom is 0.180 e. The van der Waals surface area contributed by atoms with Crippen LogP contribution in [0.1, 0.15) is 35.3 Å². The van der Waals surface area contributed by atoms with E-state index < -0.39 is 18.2 Å². The highest BCUT2D eigenvalue weighted by atomic mass is 35.5. The molecular formula is C19H22ClN5O2. The summed E-state index contributed by atoms with van der Waals surface area (Å²) in [5, 5.41) is 25.8. The minimum atomic E-state index is -0.918. The molecule has 7 nitrogen and oxygen atoms in total. The van der Waals surface area contributed by atoms with E-state index in [1.54, 1.807) is 18.3 Å². The van der Waals surface area contributed by atoms with E-state index in [9.17, 15) is 10.2 Å². The first-order valence-electron chi connectivity index (χ1n) is 8.89. The Morgan fingerprint density at radius 2 is 1.93 bits per heavy atom. The first-order chi connectivity index (χ1) is 13.0. The number of hydrazone groups is 1. The van der Waals surface area contributed by atoms with Crippen LogP contribution >= 0.6 is 11.6 Å². The standard InChI is InChI=1S/C19H22ClN5O2/c20-11-3-1-10(2-4-11)16(21)13-9-15(18(27)17(13)26)25-8-6-12-14(25)5-7-23-19(12)24-22/h1-4,6-8,13,15-18,26-27H,5,9,21-22H2/b24-19+/t13-,15-,16-,17-,18+/m1/s1. The molecule has 0 bridgehead atoms. The number of aliphatic hydroxyl groups is 2. The third-order valence-electron chi connectivity index (χ3n) is 5.66. The van der Waals surface area contributed by atoms with Gasteiger partial charge in [0.05, 0.1) is 12.1 Å². The molecule has 1 aromatic carbocycles. The molecule has 6 N–H and O–H groups in total. The summed E-state index contributed by atoms with van der Waals surface area (Å²) < 4.78 is 1.99. The fourth-order valence-corrected chi connectivity index (χ4v) is 4.33. The fourth-order valence-electron chi connectivity index (χ4n) is 4.21. The van der Waals surface area contributed by atoms with Gasteiger partial charge in [0.1, 0.15) is 6.10 Å². The molecule has 1 aliphatic carbocycles. The van der Waals surface area contributed by atoms with Gasteiger partial charge in [0, 0.05) is 47.1 Å². The molecule has 0 spiro atoms. The van der Waals surface area contributed by atoms with Crippen LogP contribution in [0.25, 0.3) is 0 Å². The molecule has 5 atom stereocenters. The van der Waals surface area contributed by atoms with Gasteiger partial charge in [-0.3, -0.25) is 0 Å². The Balaban J connectivity index is 1.62. The first kappa shape index (κ1) is 18.2. The Kier molecular flexibility index (Phi) is 4.77. The number of rotatable bonds is 3. The van der Waals surface area contributed by atoms with Crippen molar-refractivity contribution in [3.05, 3.63) is 58.4 Å². The fraction of sp³-hybridized carbons (Fsp3) is 0.368. The molecule has 0 unspecified atom stereocenters. The maximum absolute atomic E-state index is 10.7. The monoisotopic (exact) mass is 387 g/mol. The molecule has 4 rings (SSSR count). The molecule has 1 aliphatic heterocycles. The van der Waals surface area contributed by atoms with E-state index in [4.69, 9.17) is 23.2 Å². The van der Waals surface area contributed by atoms with Crippen molar-refractivity contribution in [3.8, 4) is 0 Å². The number of aromatic nitrogens is 1. The topological polar surface area (TPSA) is 122 Å². The lowest BCUT2D eigenvalue weighted by Crippen LogP contribution is -2.34. The van der Waals surface area contributed by atoms with Crippen molar-refractivity contribution in [1.29, 1.82) is 0 Å². The van der Waals surface area contributed by atoms with Crippen LogP contribution in [0.15, 0.2) is 46.6 Å². The lowest BCUT2D eigenvalue weighted by atomic mass is 9.90. The minimum Gasteiger partial charge on any atom is -0.390 e. The molecule has 0 saturated heterocycles. The summed E-state index contributed by atoms with van der Waals surface area (Å²) in [7, 11) is 0. The third kappa shape index (κ3) is 3.06. The predicted octanol–water partition coefficient (Wildman–Crippen LogP) is 1.37. The molecule has 2 heterocycles. The lowest BCUT2D eigenvalue weighted by molar-refractivity contribution is 0.00155. The van der Waals surface area contributed by atoms with Crippen LogP contribution < -0.4 is 11.6 Å². The van der Waals surface area contributed by atoms with Crippen LogP contribution in [0.2, 0.25) is 5.02 Å². The summed E-state index contributed by atoms with van der Waals surface area (Å²) in [5.41, 5.74) is 9.14. The molecule has 0 radical (unpaired) electrons. The average Bonchev–Trinajstić information content (AvgIpc) is 3.23. The van der Waals surface area contributed by atoms with Gasteiger partial charge < -0.3 is 26.4 Å². The van der Waals surface area contributed by atoms with Gasteiger partial charge in [-0.2, -0.15) is 5.10 Å². The lowest BCUT2D eigenvalue weighted by Gasteiger charge is -2.23. The number of hydrogen-bond donors (Lipinski definition) is 4. The summed E-state index contributed by atoms with van der Waals surface area (Å²) in [5.74, 6) is 5.61. The number of halogens is 1. The van der Waals surface area contributed by atoms with Crippen molar-refractivity contribution in [2.24, 2.45) is 27.6 Å². The summed E-state index contributed by atoms with van der Waals surface area (Å²) >= 11 is 5.95. The van der Waals surface area contributed by atoms with Gasteiger partial charge in [-0.1, -0.05) is 23.7 Å². The van der Waals surface area contributed by atoms with E-state index >= 15 is 0 Å². The molecule has 27 heavy (non-hydrogen) atoms. The second-order valence-corrected chi connectivity index (χ2v) is 7.51. The molecule has 2 aliphatic rings. The normalized spacial score (nSPS) is 29.9. The highest BCUT2D eigenvalue weighted by Crippen LogP contribution is 2.42. The average molecular weight is 388 g/mol. The van der Waals surface area contributed by atoms with Crippen molar-refractivity contribution in [2.45, 2.75) is 37.1 Å². The summed E-state index contributed by atoms with van der Waals surface area (Å²) in [6.45, 7) is 0. The van der Waals surface area contributed by atoms with Gasteiger partial charge in [-0.05, 0) is 30.2 Å². The SMILES string of the molecule is N/N=C1/N=CCc2c1ccn2[C@@H]1C[C@H]([C@H](N)c2ccc(Cl)cc2)[C@@H](O)[C@H]1O. The molecule has 1 aromatic heterocycles. The number of hydrogen-bond acceptors (Lipinski definition) is 5. The van der Waals surface area contributed by atoms with E-state index in [0.29, 0.717) is 23.7 Å². The maximum atomic E-state index is 10.7. The summed E-state index contributed by atoms with van der Waals surface area (Å²) in [4.78, 5) is 4.20. The molecule has 8 heteroatoms. The van der Waals surface area contributed by atoms with Crippen molar-refractivity contribution in [2.75, 3.05) is 0 Å². The van der Waals surface area contributed by atoms with Gasteiger partial charge in [0.15, 0.2) is 5.84 Å². The zero-order valence-corrected chi connectivity index (χ0v) is 15.4. The Morgan fingerprint density at radius 3 is 2.63 bits per heavy atom. The largest absolute Gasteiger partial charge is 0.390 e. The molecule has 2 aromatic rings. The Bertz CT molecular complexity index is 892. The molecule has 1 fully saturated rings. The van der Waals surface area contributed by atoms with Crippen LogP contribution in [0.4, 0.5) is 0 Å². The predicted molar refractivity (Wildman–Crippen MR) is 105 cm³/mol. The van der Waals surface area contributed by atoms with Gasteiger partial charge >= 0.3 is 0 Å². The van der Waals surface area contributed by atoms with Gasteiger partial charge in [-0.15, -0.1) is 0 Å². The number of nitrogens with two attached hydrogens (primary N) is 2. The first-order valence-corrected chi connectivity index (χ1v) is 9.26.